The molecule has 3 aromatic rings. The van der Waals surface area contributed by atoms with Gasteiger partial charge >= 0.3 is 5.97 Å². The molecule has 0 radical (unpaired) electrons. The van der Waals surface area contributed by atoms with Crippen LogP contribution in [-0.4, -0.2) is 33.0 Å². The predicted octanol–water partition coefficient (Wildman–Crippen LogP) is 3.60. The average Bonchev–Trinajstić information content (AvgIpc) is 3.06. The van der Waals surface area contributed by atoms with Crippen molar-refractivity contribution in [3.8, 4) is 0 Å². The standard InChI is InChI=1S/C19H19ClN4O3/c1-4-24-17-8-6-13(9-16(17)22-23-24)19(26)27-12(3)18(25)21-15-10-14(20)7-5-11(15)2/h5-10,12H,4H2,1-3H3,(H,21,25)/t12-/m1/s1. The van der Waals surface area contributed by atoms with Gasteiger partial charge in [0.25, 0.3) is 5.91 Å². The molecule has 0 aliphatic heterocycles. The molecule has 0 aliphatic carbocycles. The Labute approximate surface area is 161 Å². The van der Waals surface area contributed by atoms with Gasteiger partial charge in [-0.2, -0.15) is 0 Å². The maximum atomic E-state index is 12.4. The van der Waals surface area contributed by atoms with E-state index in [1.165, 1.54) is 6.92 Å². The number of fused-ring (bicyclic) bond motifs is 1. The summed E-state index contributed by atoms with van der Waals surface area (Å²) >= 11 is 5.95. The average molecular weight is 387 g/mol. The highest BCUT2D eigenvalue weighted by Gasteiger charge is 2.20. The molecule has 0 bridgehead atoms. The highest BCUT2D eigenvalue weighted by atomic mass is 35.5. The van der Waals surface area contributed by atoms with Crippen LogP contribution in [0.4, 0.5) is 5.69 Å². The van der Waals surface area contributed by atoms with E-state index in [2.05, 4.69) is 15.6 Å². The maximum Gasteiger partial charge on any atom is 0.338 e. The van der Waals surface area contributed by atoms with Gasteiger partial charge in [-0.15, -0.1) is 5.10 Å². The molecule has 27 heavy (non-hydrogen) atoms. The van der Waals surface area contributed by atoms with Gasteiger partial charge < -0.3 is 10.1 Å². The van der Waals surface area contributed by atoms with Gasteiger partial charge in [0.2, 0.25) is 0 Å². The number of halogens is 1. The van der Waals surface area contributed by atoms with E-state index in [4.69, 9.17) is 16.3 Å². The number of nitrogens with one attached hydrogen (secondary N) is 1. The number of aryl methyl sites for hydroxylation is 2. The summed E-state index contributed by atoms with van der Waals surface area (Å²) in [5.41, 5.74) is 3.17. The van der Waals surface area contributed by atoms with Crippen LogP contribution in [0, 0.1) is 6.92 Å². The highest BCUT2D eigenvalue weighted by molar-refractivity contribution is 6.31. The topological polar surface area (TPSA) is 86.1 Å². The van der Waals surface area contributed by atoms with E-state index >= 15 is 0 Å². The fourth-order valence-corrected chi connectivity index (χ4v) is 2.75. The number of esters is 1. The number of benzene rings is 2. The molecule has 1 atom stereocenters. The molecule has 0 fully saturated rings. The SMILES string of the molecule is CCn1nnc2cc(C(=O)O[C@H](C)C(=O)Nc3cc(Cl)ccc3C)ccc21. The van der Waals surface area contributed by atoms with Crippen LogP contribution in [0.1, 0.15) is 29.8 Å². The highest BCUT2D eigenvalue weighted by Crippen LogP contribution is 2.21. The van der Waals surface area contributed by atoms with E-state index in [1.807, 2.05) is 13.8 Å². The van der Waals surface area contributed by atoms with Crippen LogP contribution in [-0.2, 0) is 16.1 Å². The second-order valence-electron chi connectivity index (χ2n) is 6.10. The fourth-order valence-electron chi connectivity index (χ4n) is 2.58. The number of aromatic nitrogens is 3. The number of amides is 1. The molecule has 0 unspecified atom stereocenters. The Kier molecular flexibility index (Phi) is 5.41. The second-order valence-corrected chi connectivity index (χ2v) is 6.54. The Balaban J connectivity index is 1.69. The third-order valence-corrected chi connectivity index (χ3v) is 4.39. The van der Waals surface area contributed by atoms with Gasteiger partial charge in [-0.25, -0.2) is 9.48 Å². The van der Waals surface area contributed by atoms with Crippen molar-refractivity contribution in [3.63, 3.8) is 0 Å². The van der Waals surface area contributed by atoms with Crippen LogP contribution in [0.15, 0.2) is 36.4 Å². The van der Waals surface area contributed by atoms with Crippen molar-refractivity contribution in [2.45, 2.75) is 33.4 Å². The number of anilines is 1. The Morgan fingerprint density at radius 3 is 2.78 bits per heavy atom. The monoisotopic (exact) mass is 386 g/mol. The van der Waals surface area contributed by atoms with Crippen LogP contribution in [0.2, 0.25) is 5.02 Å². The third-order valence-electron chi connectivity index (χ3n) is 4.16. The minimum atomic E-state index is -0.974. The first-order valence-electron chi connectivity index (χ1n) is 8.50. The Morgan fingerprint density at radius 2 is 2.04 bits per heavy atom. The van der Waals surface area contributed by atoms with Crippen molar-refractivity contribution in [1.29, 1.82) is 0 Å². The minimum Gasteiger partial charge on any atom is -0.449 e. The molecule has 1 heterocycles. The summed E-state index contributed by atoms with van der Waals surface area (Å²) in [7, 11) is 0. The summed E-state index contributed by atoms with van der Waals surface area (Å²) < 4.78 is 7.01. The number of hydrogen-bond donors (Lipinski definition) is 1. The van der Waals surface area contributed by atoms with E-state index in [1.54, 1.807) is 41.1 Å². The summed E-state index contributed by atoms with van der Waals surface area (Å²) in [5.74, 6) is -1.04. The van der Waals surface area contributed by atoms with E-state index in [9.17, 15) is 9.59 Å². The molecule has 0 spiro atoms. The molecule has 1 aromatic heterocycles. The molecular formula is C19H19ClN4O3. The van der Waals surface area contributed by atoms with E-state index in [0.29, 0.717) is 28.3 Å². The number of rotatable bonds is 5. The number of ether oxygens (including phenoxy) is 1. The Hall–Kier alpha value is -2.93. The zero-order valence-electron chi connectivity index (χ0n) is 15.2. The zero-order valence-corrected chi connectivity index (χ0v) is 15.9. The van der Waals surface area contributed by atoms with Gasteiger partial charge in [-0.1, -0.05) is 22.9 Å². The number of carbonyl (C=O) groups excluding carboxylic acids is 2. The lowest BCUT2D eigenvalue weighted by Crippen LogP contribution is -2.30. The van der Waals surface area contributed by atoms with Crippen molar-refractivity contribution in [1.82, 2.24) is 15.0 Å². The largest absolute Gasteiger partial charge is 0.449 e. The van der Waals surface area contributed by atoms with Crippen molar-refractivity contribution in [2.75, 3.05) is 5.32 Å². The molecule has 0 saturated heterocycles. The Morgan fingerprint density at radius 1 is 1.26 bits per heavy atom. The summed E-state index contributed by atoms with van der Waals surface area (Å²) in [6.45, 7) is 6.00. The first kappa shape index (κ1) is 18.8. The molecule has 2 aromatic carbocycles. The second kappa shape index (κ2) is 7.75. The molecule has 1 N–H and O–H groups in total. The van der Waals surface area contributed by atoms with Crippen molar-refractivity contribution in [3.05, 3.63) is 52.5 Å². The summed E-state index contributed by atoms with van der Waals surface area (Å²) in [6.07, 6.45) is -0.974. The summed E-state index contributed by atoms with van der Waals surface area (Å²) in [5, 5.41) is 11.3. The Bertz CT molecular complexity index is 1020. The van der Waals surface area contributed by atoms with Crippen LogP contribution in [0.3, 0.4) is 0 Å². The van der Waals surface area contributed by atoms with Crippen LogP contribution in [0.25, 0.3) is 11.0 Å². The quantitative estimate of drug-likeness (QED) is 0.677. The van der Waals surface area contributed by atoms with Gasteiger partial charge in [0, 0.05) is 17.3 Å². The van der Waals surface area contributed by atoms with Gasteiger partial charge in [-0.05, 0) is 56.7 Å². The van der Waals surface area contributed by atoms with Gasteiger partial charge in [0.05, 0.1) is 11.1 Å². The zero-order chi connectivity index (χ0) is 19.6. The van der Waals surface area contributed by atoms with Gasteiger partial charge in [-0.3, -0.25) is 4.79 Å². The molecule has 7 nitrogen and oxygen atoms in total. The molecule has 8 heteroatoms. The predicted molar refractivity (Wildman–Crippen MR) is 103 cm³/mol. The maximum absolute atomic E-state index is 12.4. The lowest BCUT2D eigenvalue weighted by molar-refractivity contribution is -0.123. The fraction of sp³-hybridized carbons (Fsp3) is 0.263. The summed E-state index contributed by atoms with van der Waals surface area (Å²) in [4.78, 5) is 24.7. The van der Waals surface area contributed by atoms with Gasteiger partial charge in [0.15, 0.2) is 6.10 Å². The summed E-state index contributed by atoms with van der Waals surface area (Å²) in [6, 6.07) is 10.2. The van der Waals surface area contributed by atoms with Crippen LogP contribution >= 0.6 is 11.6 Å². The number of carbonyl (C=O) groups is 2. The molecule has 1 amide bonds. The van der Waals surface area contributed by atoms with E-state index < -0.39 is 18.0 Å². The number of hydrogen-bond acceptors (Lipinski definition) is 5. The van der Waals surface area contributed by atoms with Crippen LogP contribution < -0.4 is 5.32 Å². The van der Waals surface area contributed by atoms with Crippen molar-refractivity contribution in [2.24, 2.45) is 0 Å². The van der Waals surface area contributed by atoms with E-state index in [0.717, 1.165) is 11.1 Å². The first-order valence-corrected chi connectivity index (χ1v) is 8.88. The van der Waals surface area contributed by atoms with Crippen molar-refractivity contribution >= 4 is 40.2 Å². The normalized spacial score (nSPS) is 12.0. The van der Waals surface area contributed by atoms with Crippen molar-refractivity contribution < 1.29 is 14.3 Å². The van der Waals surface area contributed by atoms with Gasteiger partial charge in [0.1, 0.15) is 5.52 Å². The lowest BCUT2D eigenvalue weighted by atomic mass is 10.2. The minimum absolute atomic E-state index is 0.309. The molecule has 3 rings (SSSR count). The number of nitrogens with zero attached hydrogens (tertiary/aromatic N) is 3. The van der Waals surface area contributed by atoms with E-state index in [-0.39, 0.29) is 0 Å². The van der Waals surface area contributed by atoms with Crippen LogP contribution in [0.5, 0.6) is 0 Å². The smallest absolute Gasteiger partial charge is 0.338 e. The lowest BCUT2D eigenvalue weighted by Gasteiger charge is -2.15. The molecule has 0 saturated carbocycles. The molecule has 140 valence electrons. The third kappa shape index (κ3) is 4.09. The first-order chi connectivity index (χ1) is 12.9. The molecular weight excluding hydrogens is 368 g/mol. The molecule has 0 aliphatic rings.